The molecule has 2 aliphatic heterocycles. The molecule has 2 aromatic rings. The van der Waals surface area contributed by atoms with Gasteiger partial charge in [-0.15, -0.1) is 0 Å². The zero-order valence-corrected chi connectivity index (χ0v) is 14.7. The molecular weight excluding hydrogens is 328 g/mol. The molecule has 3 heterocycles. The van der Waals surface area contributed by atoms with Crippen LogP contribution in [-0.2, 0) is 13.0 Å². The molecule has 1 amide bonds. The van der Waals surface area contributed by atoms with E-state index < -0.39 is 0 Å². The molecule has 26 heavy (non-hydrogen) atoms. The van der Waals surface area contributed by atoms with Gasteiger partial charge in [0, 0.05) is 23.7 Å². The molecule has 4 rings (SSSR count). The lowest BCUT2D eigenvalue weighted by Crippen LogP contribution is -2.44. The number of pyridine rings is 1. The third kappa shape index (κ3) is 2.81. The Morgan fingerprint density at radius 3 is 2.69 bits per heavy atom. The fraction of sp³-hybridized carbons (Fsp3) is 0.429. The van der Waals surface area contributed by atoms with Crippen LogP contribution in [0.4, 0.5) is 0 Å². The first kappa shape index (κ1) is 17.2. The number of aliphatic hydroxyl groups excluding tert-OH is 2. The zero-order chi connectivity index (χ0) is 18.1. The number of hydrogen-bond acceptors (Lipinski definition) is 4. The van der Waals surface area contributed by atoms with Crippen LogP contribution in [0, 0.1) is 5.41 Å². The largest absolute Gasteiger partial charge is 0.396 e. The molecule has 0 saturated carbocycles. The Morgan fingerprint density at radius 1 is 1.15 bits per heavy atom. The van der Waals surface area contributed by atoms with Crippen molar-refractivity contribution in [2.24, 2.45) is 5.41 Å². The maximum atomic E-state index is 13.1. The topological polar surface area (TPSA) is 73.7 Å². The molecule has 2 N–H and O–H groups in total. The van der Waals surface area contributed by atoms with Crippen LogP contribution in [0.3, 0.4) is 0 Å². The van der Waals surface area contributed by atoms with E-state index in [1.165, 1.54) is 5.56 Å². The maximum absolute atomic E-state index is 13.1. The van der Waals surface area contributed by atoms with Crippen molar-refractivity contribution in [1.82, 2.24) is 9.88 Å². The lowest BCUT2D eigenvalue weighted by molar-refractivity contribution is 0.0566. The number of benzene rings is 1. The molecule has 0 aliphatic carbocycles. The molecule has 1 aromatic heterocycles. The molecule has 2 fully saturated rings. The van der Waals surface area contributed by atoms with Gasteiger partial charge in [0.1, 0.15) is 5.69 Å². The van der Waals surface area contributed by atoms with Crippen LogP contribution in [0.1, 0.15) is 40.9 Å². The minimum atomic E-state index is -0.283. The van der Waals surface area contributed by atoms with Crippen molar-refractivity contribution in [1.29, 1.82) is 0 Å². The van der Waals surface area contributed by atoms with E-state index in [0.717, 1.165) is 25.7 Å². The number of hydrogen-bond donors (Lipinski definition) is 2. The first-order valence-corrected chi connectivity index (χ1v) is 9.20. The van der Waals surface area contributed by atoms with Gasteiger partial charge in [-0.25, -0.2) is 0 Å². The normalized spacial score (nSPS) is 27.1. The second-order valence-corrected chi connectivity index (χ2v) is 7.55. The molecule has 5 heteroatoms. The van der Waals surface area contributed by atoms with E-state index in [9.17, 15) is 15.0 Å². The van der Waals surface area contributed by atoms with E-state index in [1.807, 2.05) is 23.1 Å². The van der Waals surface area contributed by atoms with Gasteiger partial charge >= 0.3 is 0 Å². The molecule has 0 spiro atoms. The van der Waals surface area contributed by atoms with Crippen molar-refractivity contribution in [2.75, 3.05) is 6.61 Å². The van der Waals surface area contributed by atoms with Gasteiger partial charge in [0.05, 0.1) is 13.2 Å². The summed E-state index contributed by atoms with van der Waals surface area (Å²) in [6, 6.07) is 13.8. The van der Waals surface area contributed by atoms with Gasteiger partial charge in [0.25, 0.3) is 5.91 Å². The Hall–Kier alpha value is -2.24. The Bertz CT molecular complexity index is 795. The molecule has 136 valence electrons. The molecular formula is C21H24N2O3. The van der Waals surface area contributed by atoms with Gasteiger partial charge in [-0.05, 0) is 48.9 Å². The van der Waals surface area contributed by atoms with E-state index >= 15 is 0 Å². The molecule has 1 aromatic carbocycles. The summed E-state index contributed by atoms with van der Waals surface area (Å²) < 4.78 is 0. The molecule has 0 radical (unpaired) electrons. The second kappa shape index (κ2) is 6.82. The summed E-state index contributed by atoms with van der Waals surface area (Å²) in [6.45, 7) is -0.0266. The Balaban J connectivity index is 1.62. The SMILES string of the molecule is O=C(c1cc(CO)ccn1)N1[C@@H]2CC[C@H]1[C@](CO)(Cc1ccccc1)C2. The lowest BCUT2D eigenvalue weighted by atomic mass is 9.70. The number of carbonyl (C=O) groups excluding carboxylic acids is 1. The first-order chi connectivity index (χ1) is 12.7. The third-order valence-electron chi connectivity index (χ3n) is 6.03. The van der Waals surface area contributed by atoms with Gasteiger partial charge in [-0.2, -0.15) is 0 Å². The second-order valence-electron chi connectivity index (χ2n) is 7.55. The van der Waals surface area contributed by atoms with Crippen molar-refractivity contribution in [3.05, 3.63) is 65.5 Å². The molecule has 0 unspecified atom stereocenters. The first-order valence-electron chi connectivity index (χ1n) is 9.20. The van der Waals surface area contributed by atoms with Gasteiger partial charge in [0.2, 0.25) is 0 Å². The molecule has 2 saturated heterocycles. The molecule has 3 atom stereocenters. The van der Waals surface area contributed by atoms with Crippen molar-refractivity contribution in [3.8, 4) is 0 Å². The van der Waals surface area contributed by atoms with E-state index in [1.54, 1.807) is 18.3 Å². The van der Waals surface area contributed by atoms with Crippen molar-refractivity contribution >= 4 is 5.91 Å². The van der Waals surface area contributed by atoms with Crippen LogP contribution in [-0.4, -0.2) is 44.7 Å². The quantitative estimate of drug-likeness (QED) is 0.865. The van der Waals surface area contributed by atoms with Crippen LogP contribution in [0.25, 0.3) is 0 Å². The average molecular weight is 352 g/mol. The summed E-state index contributed by atoms with van der Waals surface area (Å²) >= 11 is 0. The van der Waals surface area contributed by atoms with E-state index in [-0.39, 0.29) is 36.6 Å². The van der Waals surface area contributed by atoms with Gasteiger partial charge in [-0.3, -0.25) is 9.78 Å². The summed E-state index contributed by atoms with van der Waals surface area (Å²) in [4.78, 5) is 19.3. The van der Waals surface area contributed by atoms with E-state index in [2.05, 4.69) is 17.1 Å². The van der Waals surface area contributed by atoms with Crippen LogP contribution < -0.4 is 0 Å². The number of rotatable bonds is 5. The average Bonchev–Trinajstić information content (AvgIpc) is 3.24. The summed E-state index contributed by atoms with van der Waals surface area (Å²) in [7, 11) is 0. The van der Waals surface area contributed by atoms with Crippen molar-refractivity contribution in [3.63, 3.8) is 0 Å². The molecule has 2 bridgehead atoms. The summed E-state index contributed by atoms with van der Waals surface area (Å²) in [6.07, 6.45) is 5.07. The summed E-state index contributed by atoms with van der Waals surface area (Å²) in [5.74, 6) is -0.0869. The summed E-state index contributed by atoms with van der Waals surface area (Å²) in [5.41, 5.74) is 1.98. The highest BCUT2D eigenvalue weighted by Gasteiger charge is 2.57. The zero-order valence-electron chi connectivity index (χ0n) is 14.7. The lowest BCUT2D eigenvalue weighted by Gasteiger charge is -2.36. The smallest absolute Gasteiger partial charge is 0.272 e. The fourth-order valence-corrected chi connectivity index (χ4v) is 4.84. The Kier molecular flexibility index (Phi) is 4.51. The standard InChI is InChI=1S/C21H24N2O3/c24-13-16-8-9-22-18(10-16)20(26)23-17-6-7-19(23)21(12-17,14-25)11-15-4-2-1-3-5-15/h1-5,8-10,17,19,24-25H,6-7,11-14H2/t17-,19+,21-/m1/s1. The Labute approximate surface area is 153 Å². The van der Waals surface area contributed by atoms with E-state index in [4.69, 9.17) is 0 Å². The highest BCUT2D eigenvalue weighted by Crippen LogP contribution is 2.51. The number of fused-ring (bicyclic) bond motifs is 2. The van der Waals surface area contributed by atoms with Crippen LogP contribution in [0.5, 0.6) is 0 Å². The highest BCUT2D eigenvalue weighted by atomic mass is 16.3. The predicted octanol–water partition coefficient (Wildman–Crippen LogP) is 2.17. The number of aromatic nitrogens is 1. The van der Waals surface area contributed by atoms with Crippen LogP contribution in [0.15, 0.2) is 48.7 Å². The number of amides is 1. The van der Waals surface area contributed by atoms with Gasteiger partial charge in [-0.1, -0.05) is 30.3 Å². The number of carbonyl (C=O) groups is 1. The van der Waals surface area contributed by atoms with Crippen molar-refractivity contribution in [2.45, 2.75) is 44.4 Å². The highest BCUT2D eigenvalue weighted by molar-refractivity contribution is 5.93. The predicted molar refractivity (Wildman–Crippen MR) is 97.4 cm³/mol. The Morgan fingerprint density at radius 2 is 1.96 bits per heavy atom. The van der Waals surface area contributed by atoms with Gasteiger partial charge < -0.3 is 15.1 Å². The van der Waals surface area contributed by atoms with Crippen LogP contribution >= 0.6 is 0 Å². The van der Waals surface area contributed by atoms with Crippen molar-refractivity contribution < 1.29 is 15.0 Å². The minimum absolute atomic E-state index is 0.0322. The van der Waals surface area contributed by atoms with E-state index in [0.29, 0.717) is 11.3 Å². The minimum Gasteiger partial charge on any atom is -0.396 e. The maximum Gasteiger partial charge on any atom is 0.272 e. The summed E-state index contributed by atoms with van der Waals surface area (Å²) in [5, 5.41) is 19.6. The fourth-order valence-electron chi connectivity index (χ4n) is 4.84. The molecule has 5 nitrogen and oxygen atoms in total. The van der Waals surface area contributed by atoms with Crippen LogP contribution in [0.2, 0.25) is 0 Å². The third-order valence-corrected chi connectivity index (χ3v) is 6.03. The number of nitrogens with zero attached hydrogens (tertiary/aromatic N) is 2. The number of aliphatic hydroxyl groups is 2. The van der Waals surface area contributed by atoms with Gasteiger partial charge in [0.15, 0.2) is 0 Å². The molecule has 2 aliphatic rings. The monoisotopic (exact) mass is 352 g/mol.